The second-order valence-corrected chi connectivity index (χ2v) is 6.32. The molecule has 0 saturated carbocycles. The lowest BCUT2D eigenvalue weighted by Gasteiger charge is -2.12. The fraction of sp³-hybridized carbons (Fsp3) is 0.316. The Bertz CT molecular complexity index is 794. The molecule has 1 aliphatic rings. The smallest absolute Gasteiger partial charge is 0.416 e. The molecule has 3 rings (SSSR count). The van der Waals surface area contributed by atoms with Crippen molar-refractivity contribution in [2.45, 2.75) is 31.2 Å². The summed E-state index contributed by atoms with van der Waals surface area (Å²) in [5.41, 5.74) is 6.68. The summed E-state index contributed by atoms with van der Waals surface area (Å²) in [5.74, 6) is 0.482. The molecule has 2 unspecified atom stereocenters. The van der Waals surface area contributed by atoms with Crippen molar-refractivity contribution in [3.63, 3.8) is 0 Å². The van der Waals surface area contributed by atoms with Crippen LogP contribution in [0.1, 0.15) is 29.2 Å². The number of carbonyl (C=O) groups is 1. The molecule has 1 aliphatic heterocycles. The largest absolute Gasteiger partial charge is 0.497 e. The predicted molar refractivity (Wildman–Crippen MR) is 93.7 cm³/mol. The van der Waals surface area contributed by atoms with Gasteiger partial charge in [-0.15, -0.1) is 0 Å². The van der Waals surface area contributed by atoms with Crippen LogP contribution < -0.4 is 20.9 Å². The zero-order valence-electron chi connectivity index (χ0n) is 14.6. The highest BCUT2D eigenvalue weighted by Crippen LogP contribution is 2.29. The molecule has 0 aromatic heterocycles. The van der Waals surface area contributed by atoms with Gasteiger partial charge in [0.15, 0.2) is 0 Å². The minimum absolute atomic E-state index is 0.0358. The molecule has 144 valence electrons. The first-order chi connectivity index (χ1) is 12.9. The zero-order chi connectivity index (χ0) is 19.4. The molecule has 0 aliphatic carbocycles. The molecule has 2 atom stereocenters. The van der Waals surface area contributed by atoms with E-state index in [1.54, 1.807) is 13.2 Å². The third-order valence-electron chi connectivity index (χ3n) is 4.46. The van der Waals surface area contributed by atoms with Crippen LogP contribution in [0.2, 0.25) is 0 Å². The number of ether oxygens (including phenoxy) is 1. The number of hydrogen-bond donors (Lipinski definition) is 3. The molecular weight excluding hydrogens is 359 g/mol. The van der Waals surface area contributed by atoms with Crippen molar-refractivity contribution in [3.8, 4) is 5.75 Å². The van der Waals surface area contributed by atoms with E-state index in [9.17, 15) is 18.0 Å². The fourth-order valence-electron chi connectivity index (χ4n) is 2.95. The van der Waals surface area contributed by atoms with Crippen molar-refractivity contribution >= 4 is 5.91 Å². The van der Waals surface area contributed by atoms with E-state index in [0.29, 0.717) is 12.0 Å². The van der Waals surface area contributed by atoms with Crippen LogP contribution in [0.15, 0.2) is 48.5 Å². The molecule has 1 saturated heterocycles. The van der Waals surface area contributed by atoms with Crippen molar-refractivity contribution in [3.05, 3.63) is 65.2 Å². The molecule has 1 fully saturated rings. The van der Waals surface area contributed by atoms with E-state index in [-0.39, 0.29) is 18.5 Å². The lowest BCUT2D eigenvalue weighted by atomic mass is 10.0. The molecule has 1 amide bonds. The standard InChI is InChI=1S/C19H20F3N3O2/c1-27-15-7-5-13(6-8-15)16-10-17(25-24-16)18(26)23-11-12-3-2-4-14(9-12)19(20,21)22/h2-9,16-17,24-25H,10-11H2,1H3,(H,23,26). The summed E-state index contributed by atoms with van der Waals surface area (Å²) >= 11 is 0. The highest BCUT2D eigenvalue weighted by Gasteiger charge is 2.31. The Hall–Kier alpha value is -2.58. The minimum atomic E-state index is -4.40. The first kappa shape index (κ1) is 19.2. The molecule has 0 bridgehead atoms. The monoisotopic (exact) mass is 379 g/mol. The molecule has 8 heteroatoms. The Labute approximate surface area is 154 Å². The number of amides is 1. The quantitative estimate of drug-likeness (QED) is 0.748. The van der Waals surface area contributed by atoms with Gasteiger partial charge in [0.25, 0.3) is 0 Å². The predicted octanol–water partition coefficient (Wildman–Crippen LogP) is 2.94. The molecule has 0 radical (unpaired) electrons. The highest BCUT2D eigenvalue weighted by atomic mass is 19.4. The van der Waals surface area contributed by atoms with Crippen LogP contribution in [-0.4, -0.2) is 19.1 Å². The molecule has 2 aromatic rings. The number of carbonyl (C=O) groups excluding carboxylic acids is 1. The van der Waals surface area contributed by atoms with Crippen molar-refractivity contribution in [2.24, 2.45) is 0 Å². The lowest BCUT2D eigenvalue weighted by Crippen LogP contribution is -2.42. The second-order valence-electron chi connectivity index (χ2n) is 6.32. The number of benzene rings is 2. The number of alkyl halides is 3. The van der Waals surface area contributed by atoms with E-state index in [2.05, 4.69) is 16.2 Å². The topological polar surface area (TPSA) is 62.4 Å². The van der Waals surface area contributed by atoms with E-state index in [1.165, 1.54) is 6.07 Å². The Morgan fingerprint density at radius 2 is 1.93 bits per heavy atom. The van der Waals surface area contributed by atoms with Crippen LogP contribution in [0.25, 0.3) is 0 Å². The normalized spacial score (nSPS) is 19.7. The molecule has 5 nitrogen and oxygen atoms in total. The second kappa shape index (κ2) is 7.98. The van der Waals surface area contributed by atoms with Gasteiger partial charge in [0, 0.05) is 12.6 Å². The van der Waals surface area contributed by atoms with E-state index in [4.69, 9.17) is 4.74 Å². The van der Waals surface area contributed by atoms with Crippen LogP contribution in [0.4, 0.5) is 13.2 Å². The first-order valence-electron chi connectivity index (χ1n) is 8.45. The fourth-order valence-corrected chi connectivity index (χ4v) is 2.95. The Balaban J connectivity index is 1.55. The number of hydrogen-bond acceptors (Lipinski definition) is 4. The van der Waals surface area contributed by atoms with E-state index < -0.39 is 17.8 Å². The van der Waals surface area contributed by atoms with Crippen molar-refractivity contribution < 1.29 is 22.7 Å². The van der Waals surface area contributed by atoms with E-state index in [0.717, 1.165) is 23.4 Å². The minimum Gasteiger partial charge on any atom is -0.497 e. The summed E-state index contributed by atoms with van der Waals surface area (Å²) in [4.78, 5) is 12.3. The Morgan fingerprint density at radius 3 is 2.59 bits per heavy atom. The number of rotatable bonds is 5. The Kier molecular flexibility index (Phi) is 5.67. The van der Waals surface area contributed by atoms with E-state index in [1.807, 2.05) is 24.3 Å². The van der Waals surface area contributed by atoms with Crippen molar-refractivity contribution in [2.75, 3.05) is 7.11 Å². The summed E-state index contributed by atoms with van der Waals surface area (Å²) in [6, 6.07) is 11.9. The number of halogens is 3. The third-order valence-corrected chi connectivity index (χ3v) is 4.46. The summed E-state index contributed by atoms with van der Waals surface area (Å²) in [5, 5.41) is 2.68. The number of methoxy groups -OCH3 is 1. The average Bonchev–Trinajstić information content (AvgIpc) is 3.16. The average molecular weight is 379 g/mol. The van der Waals surface area contributed by atoms with Crippen molar-refractivity contribution in [1.82, 2.24) is 16.2 Å². The van der Waals surface area contributed by atoms with Gasteiger partial charge in [-0.1, -0.05) is 24.3 Å². The van der Waals surface area contributed by atoms with Gasteiger partial charge in [0.1, 0.15) is 11.8 Å². The molecule has 3 N–H and O–H groups in total. The molecular formula is C19H20F3N3O2. The van der Waals surface area contributed by atoms with Gasteiger partial charge in [-0.3, -0.25) is 4.79 Å². The molecule has 0 spiro atoms. The maximum absolute atomic E-state index is 12.8. The van der Waals surface area contributed by atoms with Gasteiger partial charge in [0.2, 0.25) is 5.91 Å². The lowest BCUT2D eigenvalue weighted by molar-refractivity contribution is -0.137. The summed E-state index contributed by atoms with van der Waals surface area (Å²) in [6.45, 7) is 0.0358. The van der Waals surface area contributed by atoms with E-state index >= 15 is 0 Å². The maximum atomic E-state index is 12.8. The number of nitrogens with one attached hydrogen (secondary N) is 3. The SMILES string of the molecule is COc1ccc(C2CC(C(=O)NCc3cccc(C(F)(F)F)c3)NN2)cc1. The van der Waals surface area contributed by atoms with Crippen LogP contribution in [0.3, 0.4) is 0 Å². The molecule has 27 heavy (non-hydrogen) atoms. The summed E-state index contributed by atoms with van der Waals surface area (Å²) in [6.07, 6.45) is -3.87. The van der Waals surface area contributed by atoms with Crippen LogP contribution in [-0.2, 0) is 17.5 Å². The van der Waals surface area contributed by atoms with Crippen LogP contribution in [0, 0.1) is 0 Å². The number of hydrazine groups is 1. The highest BCUT2D eigenvalue weighted by molar-refractivity contribution is 5.82. The van der Waals surface area contributed by atoms with Gasteiger partial charge in [-0.25, -0.2) is 10.9 Å². The third kappa shape index (κ3) is 4.78. The van der Waals surface area contributed by atoms with Crippen molar-refractivity contribution in [1.29, 1.82) is 0 Å². The zero-order valence-corrected chi connectivity index (χ0v) is 14.6. The van der Waals surface area contributed by atoms with Gasteiger partial charge in [0.05, 0.1) is 12.7 Å². The van der Waals surface area contributed by atoms with Crippen LogP contribution in [0.5, 0.6) is 5.75 Å². The summed E-state index contributed by atoms with van der Waals surface area (Å²) in [7, 11) is 1.59. The van der Waals surface area contributed by atoms with Gasteiger partial charge in [-0.2, -0.15) is 13.2 Å². The molecule has 1 heterocycles. The van der Waals surface area contributed by atoms with Crippen LogP contribution >= 0.6 is 0 Å². The van der Waals surface area contributed by atoms with Gasteiger partial charge < -0.3 is 10.1 Å². The Morgan fingerprint density at radius 1 is 1.19 bits per heavy atom. The van der Waals surface area contributed by atoms with Gasteiger partial charge in [-0.05, 0) is 41.8 Å². The summed E-state index contributed by atoms with van der Waals surface area (Å²) < 4.78 is 43.4. The van der Waals surface area contributed by atoms with Gasteiger partial charge >= 0.3 is 6.18 Å². The first-order valence-corrected chi connectivity index (χ1v) is 8.45. The molecule has 2 aromatic carbocycles. The maximum Gasteiger partial charge on any atom is 0.416 e.